The first-order valence-corrected chi connectivity index (χ1v) is 14.2. The van der Waals surface area contributed by atoms with Crippen LogP contribution in [0, 0.1) is 5.82 Å². The lowest BCUT2D eigenvalue weighted by Gasteiger charge is -2.30. The van der Waals surface area contributed by atoms with E-state index in [9.17, 15) is 28.7 Å². The van der Waals surface area contributed by atoms with Crippen LogP contribution in [-0.4, -0.2) is 77.0 Å². The van der Waals surface area contributed by atoms with Gasteiger partial charge in [-0.25, -0.2) is 14.2 Å². The van der Waals surface area contributed by atoms with Crippen LogP contribution in [0.4, 0.5) is 10.1 Å². The van der Waals surface area contributed by atoms with E-state index < -0.39 is 54.3 Å². The molecule has 3 aromatic rings. The number of rotatable bonds is 10. The van der Waals surface area contributed by atoms with E-state index in [1.807, 2.05) is 6.07 Å². The zero-order valence-corrected chi connectivity index (χ0v) is 24.6. The summed E-state index contributed by atoms with van der Waals surface area (Å²) < 4.78 is 13.3. The molecule has 43 heavy (non-hydrogen) atoms. The minimum atomic E-state index is -1.43. The molecule has 3 atom stereocenters. The number of fused-ring (bicyclic) bond motifs is 1. The number of nitrogens with zero attached hydrogens (tertiary/aromatic N) is 3. The monoisotopic (exact) mass is 625 g/mol. The van der Waals surface area contributed by atoms with E-state index in [2.05, 4.69) is 17.9 Å². The van der Waals surface area contributed by atoms with Gasteiger partial charge in [0.25, 0.3) is 5.91 Å². The Balaban J connectivity index is 1.74. The lowest BCUT2D eigenvalue weighted by molar-refractivity contribution is -0.141. The van der Waals surface area contributed by atoms with Gasteiger partial charge in [0.15, 0.2) is 0 Å². The number of halogens is 2. The van der Waals surface area contributed by atoms with Crippen molar-refractivity contribution in [3.05, 3.63) is 100 Å². The van der Waals surface area contributed by atoms with Crippen LogP contribution >= 0.6 is 24.2 Å². The number of aliphatic imine (C=N–C) groups is 1. The Kier molecular flexibility index (Phi) is 10.2. The number of nitrogens with one attached hydrogen (secondary N) is 1. The molecular weight excluding hydrogens is 597 g/mol. The molecule has 224 valence electrons. The molecule has 4 N–H and O–H groups in total. The number of carboxylic acids is 1. The van der Waals surface area contributed by atoms with Crippen LogP contribution in [0.25, 0.3) is 0 Å². The highest BCUT2D eigenvalue weighted by atomic mass is 35.5. The van der Waals surface area contributed by atoms with Gasteiger partial charge < -0.3 is 21.1 Å². The molecule has 0 radical (unpaired) electrons. The summed E-state index contributed by atoms with van der Waals surface area (Å²) in [5.74, 6) is -3.88. The zero-order chi connectivity index (χ0) is 31.3. The average Bonchev–Trinajstić information content (AvgIpc) is 3.11. The van der Waals surface area contributed by atoms with Gasteiger partial charge in [0.1, 0.15) is 18.4 Å². The van der Waals surface area contributed by atoms with Crippen LogP contribution in [0.2, 0.25) is 5.02 Å². The molecule has 2 unspecified atom stereocenters. The number of benzodiazepines with no additional fused rings is 1. The van der Waals surface area contributed by atoms with E-state index in [4.69, 9.17) is 22.3 Å². The first kappa shape index (κ1) is 31.7. The van der Waals surface area contributed by atoms with Crippen molar-refractivity contribution in [2.75, 3.05) is 24.2 Å². The summed E-state index contributed by atoms with van der Waals surface area (Å²) in [5, 5.41) is 12.6. The number of benzene rings is 3. The molecule has 0 saturated carbocycles. The highest BCUT2D eigenvalue weighted by Gasteiger charge is 2.38. The molecule has 0 bridgehead atoms. The first-order chi connectivity index (χ1) is 20.5. The Morgan fingerprint density at radius 3 is 2.44 bits per heavy atom. The van der Waals surface area contributed by atoms with Crippen LogP contribution in [0.1, 0.15) is 16.7 Å². The predicted octanol–water partition coefficient (Wildman–Crippen LogP) is 2.52. The number of hydrogen-bond donors (Lipinski definition) is 4. The molecule has 1 aliphatic heterocycles. The van der Waals surface area contributed by atoms with Gasteiger partial charge in [-0.3, -0.25) is 19.3 Å². The Bertz CT molecular complexity index is 1560. The largest absolute Gasteiger partial charge is 0.480 e. The molecule has 3 aromatic carbocycles. The number of aliphatic carboxylic acids is 1. The van der Waals surface area contributed by atoms with Crippen molar-refractivity contribution in [2.24, 2.45) is 10.7 Å². The van der Waals surface area contributed by atoms with Crippen molar-refractivity contribution >= 4 is 59.3 Å². The predicted molar refractivity (Wildman–Crippen MR) is 164 cm³/mol. The molecule has 1 heterocycles. The summed E-state index contributed by atoms with van der Waals surface area (Å²) >= 11 is 10.5. The highest BCUT2D eigenvalue weighted by molar-refractivity contribution is 7.80. The van der Waals surface area contributed by atoms with Gasteiger partial charge in [-0.1, -0.05) is 54.1 Å². The van der Waals surface area contributed by atoms with Crippen molar-refractivity contribution < 1.29 is 28.7 Å². The van der Waals surface area contributed by atoms with Crippen LogP contribution in [0.15, 0.2) is 77.8 Å². The standard InChI is InChI=1S/C30H29ClFN5O5S/c1-36(28(39)22(33)16-43)27-29(40)37(15-25(38)34-23(30(41)42)13-17-7-10-20(32)11-8-17)24-12-9-19(31)14-21(24)26(35-27)18-5-3-2-4-6-18/h2-12,14,22-23,27,43H,13,15-16,33H2,1H3,(H,34,38)(H,41,42)/t22?,23-,27?/m0/s1. The minimum absolute atomic E-state index is 0.0198. The van der Waals surface area contributed by atoms with Crippen molar-refractivity contribution in [3.63, 3.8) is 0 Å². The first-order valence-electron chi connectivity index (χ1n) is 13.1. The third-order valence-electron chi connectivity index (χ3n) is 6.81. The molecular formula is C30H29ClFN5O5S. The zero-order valence-electron chi connectivity index (χ0n) is 23.0. The number of thiol groups is 1. The number of nitrogens with two attached hydrogens (primary N) is 1. The molecule has 10 nitrogen and oxygen atoms in total. The summed E-state index contributed by atoms with van der Waals surface area (Å²) in [6.45, 7) is -0.602. The number of anilines is 1. The Hall–Kier alpha value is -4.26. The second kappa shape index (κ2) is 13.8. The smallest absolute Gasteiger partial charge is 0.326 e. The van der Waals surface area contributed by atoms with Crippen LogP contribution in [-0.2, 0) is 25.6 Å². The topological polar surface area (TPSA) is 145 Å². The molecule has 3 amide bonds. The second-order valence-corrected chi connectivity index (χ2v) is 10.6. The van der Waals surface area contributed by atoms with Crippen molar-refractivity contribution in [3.8, 4) is 0 Å². The molecule has 1 aliphatic rings. The third kappa shape index (κ3) is 7.39. The summed E-state index contributed by atoms with van der Waals surface area (Å²) in [6, 6.07) is 16.5. The van der Waals surface area contributed by atoms with E-state index in [0.29, 0.717) is 27.4 Å². The van der Waals surface area contributed by atoms with E-state index in [-0.39, 0.29) is 17.9 Å². The summed E-state index contributed by atoms with van der Waals surface area (Å²) in [4.78, 5) is 59.4. The Labute approximate surface area is 257 Å². The molecule has 0 aliphatic carbocycles. The summed E-state index contributed by atoms with van der Waals surface area (Å²) in [7, 11) is 1.38. The quantitative estimate of drug-likeness (QED) is 0.255. The normalized spacial score (nSPS) is 15.9. The molecule has 0 spiro atoms. The number of carboxylic acid groups (broad SMARTS) is 1. The molecule has 13 heteroatoms. The van der Waals surface area contributed by atoms with E-state index in [0.717, 1.165) is 9.80 Å². The van der Waals surface area contributed by atoms with Gasteiger partial charge in [-0.05, 0) is 35.9 Å². The number of carbonyl (C=O) groups is 4. The maximum atomic E-state index is 14.1. The van der Waals surface area contributed by atoms with Crippen LogP contribution < -0.4 is 16.0 Å². The summed E-state index contributed by atoms with van der Waals surface area (Å²) in [6.07, 6.45) is -1.55. The fourth-order valence-corrected chi connectivity index (χ4v) is 4.91. The Morgan fingerprint density at radius 1 is 1.14 bits per heavy atom. The Morgan fingerprint density at radius 2 is 1.81 bits per heavy atom. The van der Waals surface area contributed by atoms with Gasteiger partial charge in [-0.2, -0.15) is 12.6 Å². The number of carbonyl (C=O) groups excluding carboxylic acids is 3. The molecule has 0 fully saturated rings. The summed E-state index contributed by atoms with van der Waals surface area (Å²) in [5.41, 5.74) is 8.08. The van der Waals surface area contributed by atoms with Crippen molar-refractivity contribution in [2.45, 2.75) is 24.7 Å². The molecule has 0 saturated heterocycles. The number of hydrogen-bond acceptors (Lipinski definition) is 7. The van der Waals surface area contributed by atoms with E-state index in [1.165, 1.54) is 31.3 Å². The van der Waals surface area contributed by atoms with Crippen LogP contribution in [0.5, 0.6) is 0 Å². The molecule has 4 rings (SSSR count). The fraction of sp³-hybridized carbons (Fsp3) is 0.233. The van der Waals surface area contributed by atoms with Crippen LogP contribution in [0.3, 0.4) is 0 Å². The van der Waals surface area contributed by atoms with Gasteiger partial charge in [0.2, 0.25) is 18.0 Å². The van der Waals surface area contributed by atoms with E-state index >= 15 is 0 Å². The highest BCUT2D eigenvalue weighted by Crippen LogP contribution is 2.31. The fourth-order valence-electron chi connectivity index (χ4n) is 4.58. The maximum absolute atomic E-state index is 14.1. The average molecular weight is 626 g/mol. The van der Waals surface area contributed by atoms with E-state index in [1.54, 1.807) is 42.5 Å². The second-order valence-electron chi connectivity index (χ2n) is 9.83. The van der Waals surface area contributed by atoms with Gasteiger partial charge >= 0.3 is 5.97 Å². The number of amides is 3. The van der Waals surface area contributed by atoms with Gasteiger partial charge in [0, 0.05) is 35.4 Å². The lowest BCUT2D eigenvalue weighted by Crippen LogP contribution is -2.55. The minimum Gasteiger partial charge on any atom is -0.480 e. The lowest BCUT2D eigenvalue weighted by atomic mass is 10.00. The van der Waals surface area contributed by atoms with Gasteiger partial charge in [0.05, 0.1) is 17.4 Å². The van der Waals surface area contributed by atoms with Crippen molar-refractivity contribution in [1.29, 1.82) is 0 Å². The van der Waals surface area contributed by atoms with Gasteiger partial charge in [-0.15, -0.1) is 0 Å². The molecule has 0 aromatic heterocycles. The van der Waals surface area contributed by atoms with Crippen molar-refractivity contribution in [1.82, 2.24) is 10.2 Å². The number of likely N-dealkylation sites (N-methyl/N-ethyl adjacent to an activating group) is 1. The third-order valence-corrected chi connectivity index (χ3v) is 7.44. The SMILES string of the molecule is CN(C(=O)C(N)CS)C1N=C(c2ccccc2)c2cc(Cl)ccc2N(CC(=O)N[C@@H](Cc2ccc(F)cc2)C(=O)O)C1=O. The maximum Gasteiger partial charge on any atom is 0.326 e.